The van der Waals surface area contributed by atoms with Crippen LogP contribution in [0, 0.1) is 0 Å². The molecule has 0 unspecified atom stereocenters. The maximum atomic E-state index is 5.45. The molecule has 17 heavy (non-hydrogen) atoms. The molecule has 1 aromatic heterocycles. The van der Waals surface area contributed by atoms with Gasteiger partial charge in [-0.25, -0.2) is 0 Å². The van der Waals surface area contributed by atoms with Crippen LogP contribution in [0.2, 0.25) is 0 Å². The summed E-state index contributed by atoms with van der Waals surface area (Å²) in [6.45, 7) is 2.68. The maximum absolute atomic E-state index is 5.45. The quantitative estimate of drug-likeness (QED) is 0.740. The summed E-state index contributed by atoms with van der Waals surface area (Å²) in [6, 6.07) is 8.70. The molecule has 1 fully saturated rings. The number of hydrogen-bond donors (Lipinski definition) is 1. The van der Waals surface area contributed by atoms with Gasteiger partial charge in [0.2, 0.25) is 0 Å². The highest BCUT2D eigenvalue weighted by atomic mass is 16.5. The van der Waals surface area contributed by atoms with Crippen LogP contribution in [-0.2, 0) is 23.7 Å². The molecule has 0 saturated carbocycles. The average Bonchev–Trinajstić information content (AvgIpc) is 2.63. The molecule has 88 valence electrons. The molecule has 2 aliphatic rings. The van der Waals surface area contributed by atoms with Gasteiger partial charge in [-0.05, 0) is 18.1 Å². The van der Waals surface area contributed by atoms with Crippen molar-refractivity contribution in [1.29, 1.82) is 0 Å². The third kappa shape index (κ3) is 1.08. The Morgan fingerprint density at radius 3 is 2.88 bits per heavy atom. The molecule has 2 aliphatic heterocycles. The normalized spacial score (nSPS) is 21.5. The molecule has 2 aromatic rings. The number of aromatic nitrogens is 1. The van der Waals surface area contributed by atoms with E-state index in [0.717, 1.165) is 26.2 Å². The topological polar surface area (TPSA) is 26.2 Å². The zero-order valence-corrected chi connectivity index (χ0v) is 9.99. The molecule has 1 spiro atoms. The second-order valence-electron chi connectivity index (χ2n) is 5.16. The first-order chi connectivity index (χ1) is 8.32. The maximum Gasteiger partial charge on any atom is 0.106 e. The Balaban J connectivity index is 2.08. The zero-order chi connectivity index (χ0) is 11.5. The fourth-order valence-corrected chi connectivity index (χ4v) is 3.39. The van der Waals surface area contributed by atoms with Gasteiger partial charge in [-0.1, -0.05) is 18.2 Å². The van der Waals surface area contributed by atoms with E-state index in [-0.39, 0.29) is 5.54 Å². The molecule has 1 N–H and O–H groups in total. The number of nitrogens with zero attached hydrogens (tertiary/aromatic N) is 1. The molecule has 1 saturated heterocycles. The second kappa shape index (κ2) is 3.12. The van der Waals surface area contributed by atoms with Crippen molar-refractivity contribution < 1.29 is 4.74 Å². The van der Waals surface area contributed by atoms with Gasteiger partial charge in [0.15, 0.2) is 0 Å². The van der Waals surface area contributed by atoms with E-state index in [1.807, 2.05) is 0 Å². The summed E-state index contributed by atoms with van der Waals surface area (Å²) < 4.78 is 7.79. The predicted octanol–water partition coefficient (Wildman–Crippen LogP) is 1.55. The summed E-state index contributed by atoms with van der Waals surface area (Å²) in [6.07, 6.45) is 1.12. The third-order valence-electron chi connectivity index (χ3n) is 4.20. The van der Waals surface area contributed by atoms with Crippen LogP contribution in [0.3, 0.4) is 0 Å². The van der Waals surface area contributed by atoms with Gasteiger partial charge in [-0.15, -0.1) is 0 Å². The summed E-state index contributed by atoms with van der Waals surface area (Å²) in [7, 11) is 2.17. The van der Waals surface area contributed by atoms with Crippen LogP contribution < -0.4 is 5.32 Å². The van der Waals surface area contributed by atoms with E-state index >= 15 is 0 Å². The first-order valence-corrected chi connectivity index (χ1v) is 6.21. The first kappa shape index (κ1) is 9.68. The second-order valence-corrected chi connectivity index (χ2v) is 5.16. The third-order valence-corrected chi connectivity index (χ3v) is 4.20. The lowest BCUT2D eigenvalue weighted by Gasteiger charge is -2.45. The highest BCUT2D eigenvalue weighted by Crippen LogP contribution is 2.39. The molecule has 0 atom stereocenters. The predicted molar refractivity (Wildman–Crippen MR) is 67.1 cm³/mol. The van der Waals surface area contributed by atoms with Crippen LogP contribution in [-0.4, -0.2) is 24.3 Å². The van der Waals surface area contributed by atoms with E-state index < -0.39 is 0 Å². The van der Waals surface area contributed by atoms with Gasteiger partial charge in [-0.2, -0.15) is 0 Å². The van der Waals surface area contributed by atoms with Crippen molar-refractivity contribution in [1.82, 2.24) is 9.88 Å². The summed E-state index contributed by atoms with van der Waals surface area (Å²) in [5.41, 5.74) is 4.38. The van der Waals surface area contributed by atoms with Crippen molar-refractivity contribution >= 4 is 10.9 Å². The standard InChI is InChI=1S/C14H16N2O/c1-16-12-5-3-2-4-10(12)11-6-7-15-14(13(11)16)8-17-9-14/h2-5,15H,6-9H2,1H3. The number of benzene rings is 1. The van der Waals surface area contributed by atoms with Crippen molar-refractivity contribution in [3.05, 3.63) is 35.5 Å². The fourth-order valence-electron chi connectivity index (χ4n) is 3.39. The van der Waals surface area contributed by atoms with Crippen molar-refractivity contribution in [2.24, 2.45) is 7.05 Å². The van der Waals surface area contributed by atoms with Crippen molar-refractivity contribution in [2.45, 2.75) is 12.0 Å². The number of aryl methyl sites for hydroxylation is 1. The van der Waals surface area contributed by atoms with E-state index in [1.54, 1.807) is 0 Å². The van der Waals surface area contributed by atoms with Crippen LogP contribution in [0.1, 0.15) is 11.3 Å². The summed E-state index contributed by atoms with van der Waals surface area (Å²) in [5, 5.41) is 5.06. The zero-order valence-electron chi connectivity index (χ0n) is 9.99. The first-order valence-electron chi connectivity index (χ1n) is 6.21. The monoisotopic (exact) mass is 228 g/mol. The fraction of sp³-hybridized carbons (Fsp3) is 0.429. The van der Waals surface area contributed by atoms with Crippen LogP contribution >= 0.6 is 0 Å². The van der Waals surface area contributed by atoms with Gasteiger partial charge in [0, 0.05) is 30.2 Å². The minimum atomic E-state index is 0.0847. The molecule has 3 heterocycles. The summed E-state index contributed by atoms with van der Waals surface area (Å²) in [5.74, 6) is 0. The lowest BCUT2D eigenvalue weighted by Crippen LogP contribution is -2.61. The Kier molecular flexibility index (Phi) is 1.78. The Labute approximate surface area is 100 Å². The van der Waals surface area contributed by atoms with Gasteiger partial charge in [0.05, 0.1) is 13.2 Å². The molecule has 4 rings (SSSR count). The lowest BCUT2D eigenvalue weighted by atomic mass is 9.85. The van der Waals surface area contributed by atoms with Gasteiger partial charge < -0.3 is 14.6 Å². The molecular formula is C14H16N2O. The molecule has 1 aromatic carbocycles. The number of para-hydroxylation sites is 1. The molecule has 0 radical (unpaired) electrons. The largest absolute Gasteiger partial charge is 0.377 e. The minimum Gasteiger partial charge on any atom is -0.377 e. The lowest BCUT2D eigenvalue weighted by molar-refractivity contribution is -0.0847. The van der Waals surface area contributed by atoms with E-state index in [0.29, 0.717) is 0 Å². The van der Waals surface area contributed by atoms with E-state index in [4.69, 9.17) is 4.74 Å². The van der Waals surface area contributed by atoms with Crippen molar-refractivity contribution in [3.8, 4) is 0 Å². The van der Waals surface area contributed by atoms with E-state index in [2.05, 4.69) is 41.2 Å². The van der Waals surface area contributed by atoms with Gasteiger partial charge >= 0.3 is 0 Å². The molecule has 3 nitrogen and oxygen atoms in total. The number of ether oxygens (including phenoxy) is 1. The molecule has 0 amide bonds. The SMILES string of the molecule is Cn1c2c(c3ccccc31)CCNC21COC1. The van der Waals surface area contributed by atoms with Gasteiger partial charge in [0.25, 0.3) is 0 Å². The Hall–Kier alpha value is -1.32. The molecule has 3 heteroatoms. The van der Waals surface area contributed by atoms with E-state index in [9.17, 15) is 0 Å². The number of fused-ring (bicyclic) bond motifs is 4. The molecular weight excluding hydrogens is 212 g/mol. The van der Waals surface area contributed by atoms with Crippen LogP contribution in [0.4, 0.5) is 0 Å². The highest BCUT2D eigenvalue weighted by Gasteiger charge is 2.46. The number of nitrogens with one attached hydrogen (secondary N) is 1. The van der Waals surface area contributed by atoms with Crippen molar-refractivity contribution in [3.63, 3.8) is 0 Å². The van der Waals surface area contributed by atoms with E-state index in [1.165, 1.54) is 22.2 Å². The number of rotatable bonds is 0. The van der Waals surface area contributed by atoms with Crippen LogP contribution in [0.15, 0.2) is 24.3 Å². The Morgan fingerprint density at radius 1 is 1.29 bits per heavy atom. The minimum absolute atomic E-state index is 0.0847. The molecule has 0 bridgehead atoms. The average molecular weight is 228 g/mol. The van der Waals surface area contributed by atoms with Crippen LogP contribution in [0.5, 0.6) is 0 Å². The number of hydrogen-bond acceptors (Lipinski definition) is 2. The van der Waals surface area contributed by atoms with Gasteiger partial charge in [-0.3, -0.25) is 0 Å². The summed E-state index contributed by atoms with van der Waals surface area (Å²) >= 11 is 0. The Bertz CT molecular complexity index is 596. The highest BCUT2D eigenvalue weighted by molar-refractivity contribution is 5.86. The summed E-state index contributed by atoms with van der Waals surface area (Å²) in [4.78, 5) is 0. The molecule has 0 aliphatic carbocycles. The Morgan fingerprint density at radius 2 is 2.12 bits per heavy atom. The van der Waals surface area contributed by atoms with Gasteiger partial charge in [0.1, 0.15) is 5.54 Å². The van der Waals surface area contributed by atoms with Crippen LogP contribution in [0.25, 0.3) is 10.9 Å². The van der Waals surface area contributed by atoms with Crippen molar-refractivity contribution in [2.75, 3.05) is 19.8 Å². The smallest absolute Gasteiger partial charge is 0.106 e.